The van der Waals surface area contributed by atoms with E-state index in [1.807, 2.05) is 54.6 Å². The second-order valence-corrected chi connectivity index (χ2v) is 9.84. The standard InChI is InChI=1S/C28H24N4O3S/c33-27(30-29-17-22-11-12-25(36-22)31-13-15-35-16-14-31)21-9-7-19(8-10-21)18-32-24-6-2-4-20-3-1-5-23(26(20)24)28(32)34/h1-12,17H,13-16,18H2,(H,30,33). The summed E-state index contributed by atoms with van der Waals surface area (Å²) in [5.74, 6) is -0.277. The Balaban J connectivity index is 1.08. The molecule has 7 nitrogen and oxygen atoms in total. The van der Waals surface area contributed by atoms with Crippen molar-refractivity contribution < 1.29 is 14.3 Å². The molecule has 0 unspecified atom stereocenters. The van der Waals surface area contributed by atoms with Gasteiger partial charge in [-0.05, 0) is 47.3 Å². The van der Waals surface area contributed by atoms with Crippen LogP contribution < -0.4 is 15.2 Å². The van der Waals surface area contributed by atoms with Gasteiger partial charge in [0.15, 0.2) is 0 Å². The van der Waals surface area contributed by atoms with Gasteiger partial charge in [-0.1, -0.05) is 36.4 Å². The van der Waals surface area contributed by atoms with E-state index < -0.39 is 0 Å². The van der Waals surface area contributed by atoms with Gasteiger partial charge >= 0.3 is 0 Å². The molecule has 2 aliphatic rings. The molecule has 2 aliphatic heterocycles. The first kappa shape index (κ1) is 22.5. The molecule has 0 atom stereocenters. The van der Waals surface area contributed by atoms with Gasteiger partial charge in [0.25, 0.3) is 11.8 Å². The number of morpholine rings is 1. The summed E-state index contributed by atoms with van der Waals surface area (Å²) in [5, 5.41) is 7.37. The minimum Gasteiger partial charge on any atom is -0.378 e. The second kappa shape index (κ2) is 9.56. The summed E-state index contributed by atoms with van der Waals surface area (Å²) in [6, 6.07) is 23.1. The summed E-state index contributed by atoms with van der Waals surface area (Å²) >= 11 is 1.64. The first-order valence-corrected chi connectivity index (χ1v) is 12.7. The summed E-state index contributed by atoms with van der Waals surface area (Å²) in [6.45, 7) is 3.70. The molecule has 0 spiro atoms. The molecule has 3 heterocycles. The van der Waals surface area contributed by atoms with Crippen LogP contribution in [0.25, 0.3) is 10.8 Å². The van der Waals surface area contributed by atoms with Crippen molar-refractivity contribution in [1.82, 2.24) is 5.43 Å². The highest BCUT2D eigenvalue weighted by Crippen LogP contribution is 2.38. The zero-order valence-corrected chi connectivity index (χ0v) is 20.3. The molecule has 1 aromatic heterocycles. The maximum Gasteiger partial charge on any atom is 0.271 e. The number of rotatable bonds is 6. The Morgan fingerprint density at radius 3 is 2.58 bits per heavy atom. The quantitative estimate of drug-likeness (QED) is 0.311. The first-order valence-electron chi connectivity index (χ1n) is 11.9. The number of benzene rings is 3. The monoisotopic (exact) mass is 496 g/mol. The molecule has 1 saturated heterocycles. The molecule has 0 radical (unpaired) electrons. The molecule has 36 heavy (non-hydrogen) atoms. The van der Waals surface area contributed by atoms with Crippen molar-refractivity contribution in [2.24, 2.45) is 5.10 Å². The normalized spacial score (nSPS) is 15.3. The highest BCUT2D eigenvalue weighted by atomic mass is 32.1. The Bertz CT molecular complexity index is 1470. The highest BCUT2D eigenvalue weighted by molar-refractivity contribution is 7.17. The summed E-state index contributed by atoms with van der Waals surface area (Å²) < 4.78 is 5.40. The molecule has 0 aliphatic carbocycles. The van der Waals surface area contributed by atoms with Crippen LogP contribution in [-0.4, -0.2) is 44.3 Å². The lowest BCUT2D eigenvalue weighted by Gasteiger charge is -2.27. The zero-order valence-electron chi connectivity index (χ0n) is 19.5. The minimum atomic E-state index is -0.280. The van der Waals surface area contributed by atoms with Crippen LogP contribution in [0.4, 0.5) is 10.7 Å². The number of hydrogen-bond donors (Lipinski definition) is 1. The van der Waals surface area contributed by atoms with E-state index in [-0.39, 0.29) is 11.8 Å². The van der Waals surface area contributed by atoms with Gasteiger partial charge in [-0.2, -0.15) is 5.10 Å². The van der Waals surface area contributed by atoms with Gasteiger partial charge in [0.1, 0.15) is 0 Å². The molecule has 4 aromatic rings. The minimum absolute atomic E-state index is 0.00307. The maximum atomic E-state index is 13.0. The zero-order chi connectivity index (χ0) is 24.5. The number of carbonyl (C=O) groups is 2. The average molecular weight is 497 g/mol. The number of hydrogen-bond acceptors (Lipinski definition) is 6. The van der Waals surface area contributed by atoms with Crippen molar-refractivity contribution in [3.05, 3.63) is 94.4 Å². The molecule has 180 valence electrons. The van der Waals surface area contributed by atoms with Gasteiger partial charge in [0.05, 0.1) is 36.7 Å². The SMILES string of the molecule is O=C(NN=Cc1ccc(N2CCOCC2)s1)c1ccc(CN2C(=O)c3cccc4cccc2c34)cc1. The van der Waals surface area contributed by atoms with E-state index in [1.54, 1.807) is 34.6 Å². The van der Waals surface area contributed by atoms with Crippen molar-refractivity contribution in [2.45, 2.75) is 6.54 Å². The summed E-state index contributed by atoms with van der Waals surface area (Å²) in [5.41, 5.74) is 5.72. The average Bonchev–Trinajstić information content (AvgIpc) is 3.50. The van der Waals surface area contributed by atoms with E-state index in [0.717, 1.165) is 58.8 Å². The van der Waals surface area contributed by atoms with Crippen LogP contribution in [0.3, 0.4) is 0 Å². The predicted octanol–water partition coefficient (Wildman–Crippen LogP) is 4.66. The first-order chi connectivity index (χ1) is 17.7. The van der Waals surface area contributed by atoms with Crippen LogP contribution in [0.1, 0.15) is 31.2 Å². The van der Waals surface area contributed by atoms with E-state index in [0.29, 0.717) is 12.1 Å². The van der Waals surface area contributed by atoms with Crippen molar-refractivity contribution in [3.8, 4) is 0 Å². The molecule has 3 aromatic carbocycles. The van der Waals surface area contributed by atoms with Crippen molar-refractivity contribution >= 4 is 50.8 Å². The summed E-state index contributed by atoms with van der Waals surface area (Å²) in [6.07, 6.45) is 1.66. The van der Waals surface area contributed by atoms with Gasteiger partial charge in [-0.15, -0.1) is 11.3 Å². The van der Waals surface area contributed by atoms with E-state index in [9.17, 15) is 9.59 Å². The molecule has 2 amide bonds. The third kappa shape index (κ3) is 4.25. The van der Waals surface area contributed by atoms with Crippen molar-refractivity contribution in [2.75, 3.05) is 36.1 Å². The van der Waals surface area contributed by atoms with E-state index in [2.05, 4.69) is 21.5 Å². The highest BCUT2D eigenvalue weighted by Gasteiger charge is 2.29. The number of ether oxygens (including phenoxy) is 1. The fourth-order valence-electron chi connectivity index (χ4n) is 4.66. The van der Waals surface area contributed by atoms with Gasteiger partial charge in [-0.25, -0.2) is 5.43 Å². The van der Waals surface area contributed by atoms with Crippen LogP contribution in [0.5, 0.6) is 0 Å². The van der Waals surface area contributed by atoms with Crippen LogP contribution >= 0.6 is 11.3 Å². The fourth-order valence-corrected chi connectivity index (χ4v) is 5.60. The molecule has 0 bridgehead atoms. The van der Waals surface area contributed by atoms with Gasteiger partial charge in [0, 0.05) is 34.5 Å². The smallest absolute Gasteiger partial charge is 0.271 e. The van der Waals surface area contributed by atoms with Crippen molar-refractivity contribution in [3.63, 3.8) is 0 Å². The Hall–Kier alpha value is -4.01. The molecule has 0 saturated carbocycles. The molecular formula is C28H24N4O3S. The van der Waals surface area contributed by atoms with E-state index in [4.69, 9.17) is 4.74 Å². The fraction of sp³-hybridized carbons (Fsp3) is 0.179. The molecule has 6 rings (SSSR count). The predicted molar refractivity (Wildman–Crippen MR) is 143 cm³/mol. The second-order valence-electron chi connectivity index (χ2n) is 8.74. The third-order valence-electron chi connectivity index (χ3n) is 6.50. The lowest BCUT2D eigenvalue weighted by atomic mass is 10.1. The number of nitrogens with zero attached hydrogens (tertiary/aromatic N) is 3. The molecule has 1 fully saturated rings. The van der Waals surface area contributed by atoms with Gasteiger partial charge in [0.2, 0.25) is 0 Å². The van der Waals surface area contributed by atoms with Crippen LogP contribution in [0.2, 0.25) is 0 Å². The Morgan fingerprint density at radius 2 is 1.78 bits per heavy atom. The lowest BCUT2D eigenvalue weighted by Crippen LogP contribution is -2.35. The summed E-state index contributed by atoms with van der Waals surface area (Å²) in [7, 11) is 0. The van der Waals surface area contributed by atoms with Crippen LogP contribution in [-0.2, 0) is 11.3 Å². The van der Waals surface area contributed by atoms with Crippen LogP contribution in [0.15, 0.2) is 77.9 Å². The largest absolute Gasteiger partial charge is 0.378 e. The molecular weight excluding hydrogens is 472 g/mol. The molecule has 8 heteroatoms. The third-order valence-corrected chi connectivity index (χ3v) is 7.58. The number of carbonyl (C=O) groups excluding carboxylic acids is 2. The van der Waals surface area contributed by atoms with Gasteiger partial charge < -0.3 is 14.5 Å². The Morgan fingerprint density at radius 1 is 1.00 bits per heavy atom. The summed E-state index contributed by atoms with van der Waals surface area (Å²) in [4.78, 5) is 30.6. The number of hydrazone groups is 1. The van der Waals surface area contributed by atoms with Crippen molar-refractivity contribution in [1.29, 1.82) is 0 Å². The number of amides is 2. The van der Waals surface area contributed by atoms with E-state index in [1.165, 1.54) is 5.00 Å². The Kier molecular flexibility index (Phi) is 5.96. The maximum absolute atomic E-state index is 13.0. The van der Waals surface area contributed by atoms with E-state index >= 15 is 0 Å². The Labute approximate surface area is 212 Å². The van der Waals surface area contributed by atoms with Crippen LogP contribution in [0, 0.1) is 0 Å². The lowest BCUT2D eigenvalue weighted by molar-refractivity contribution is 0.0953. The topological polar surface area (TPSA) is 74.2 Å². The number of thiophene rings is 1. The molecule has 1 N–H and O–H groups in total. The number of anilines is 2. The van der Waals surface area contributed by atoms with Gasteiger partial charge in [-0.3, -0.25) is 9.59 Å². The number of nitrogens with one attached hydrogen (secondary N) is 1.